The summed E-state index contributed by atoms with van der Waals surface area (Å²) in [6.07, 6.45) is 16.3. The molecule has 0 saturated carbocycles. The average Bonchev–Trinajstić information content (AvgIpc) is 2.83. The molecule has 3 aliphatic rings. The molecule has 184 valence electrons. The molecule has 2 aliphatic heterocycles. The van der Waals surface area contributed by atoms with E-state index in [2.05, 4.69) is 35.3 Å². The molecule has 1 fully saturated rings. The van der Waals surface area contributed by atoms with Crippen LogP contribution in [0.1, 0.15) is 24.8 Å². The summed E-state index contributed by atoms with van der Waals surface area (Å²) in [5, 5.41) is 0.325. The number of hydrogen-bond donors (Lipinski definition) is 0. The Morgan fingerprint density at radius 2 is 2.00 bits per heavy atom. The van der Waals surface area contributed by atoms with Crippen LogP contribution in [-0.4, -0.2) is 41.8 Å². The largest absolute Gasteiger partial charge is 0.483 e. The third kappa shape index (κ3) is 5.77. The Morgan fingerprint density at radius 1 is 1.17 bits per heavy atom. The van der Waals surface area contributed by atoms with Crippen LogP contribution < -0.4 is 10.3 Å². The van der Waals surface area contributed by atoms with Gasteiger partial charge in [0.2, 0.25) is 0 Å². The Bertz CT molecular complexity index is 1200. The Labute approximate surface area is 210 Å². The number of aromatic nitrogens is 1. The van der Waals surface area contributed by atoms with Gasteiger partial charge in [-0.3, -0.25) is 14.3 Å². The third-order valence-electron chi connectivity index (χ3n) is 7.06. The average molecular weight is 497 g/mol. The normalized spacial score (nSPS) is 24.2. The maximum Gasteiger partial charge on any atom is 0.297 e. The van der Waals surface area contributed by atoms with Crippen molar-refractivity contribution >= 4 is 17.3 Å². The summed E-state index contributed by atoms with van der Waals surface area (Å²) >= 11 is 5.81. The molecule has 1 aliphatic carbocycles. The number of ether oxygens (including phenoxy) is 2. The van der Waals surface area contributed by atoms with Crippen molar-refractivity contribution in [2.24, 2.45) is 11.8 Å². The number of hydrogen-bond acceptors (Lipinski definition) is 4. The standard InChI is InChI=1S/C28H30ClFN2O3/c29-23-8-7-22(26(30)17-23)19-35-27-6-3-12-32(28(27)33)24-9-13-31(14-10-24)18-21-5-2-1-4-20(21)16-25-11-15-34-25/h1-9,12,17,20-21,25H,10-11,13-16,18-19H2/t20-,21?,25?/m1/s1. The van der Waals surface area contributed by atoms with Crippen LogP contribution in [0.15, 0.2) is 71.7 Å². The summed E-state index contributed by atoms with van der Waals surface area (Å²) in [7, 11) is 0. The van der Waals surface area contributed by atoms with Gasteiger partial charge in [-0.25, -0.2) is 4.39 Å². The molecule has 0 N–H and O–H groups in total. The highest BCUT2D eigenvalue weighted by Crippen LogP contribution is 2.30. The summed E-state index contributed by atoms with van der Waals surface area (Å²) in [6.45, 7) is 3.53. The molecular formula is C28H30ClFN2O3. The van der Waals surface area contributed by atoms with E-state index >= 15 is 0 Å². The second-order valence-corrected chi connectivity index (χ2v) is 9.83. The molecule has 2 unspecified atom stereocenters. The van der Waals surface area contributed by atoms with Gasteiger partial charge in [0.1, 0.15) is 12.4 Å². The first-order valence-electron chi connectivity index (χ1n) is 12.2. The van der Waals surface area contributed by atoms with E-state index in [9.17, 15) is 9.18 Å². The van der Waals surface area contributed by atoms with Crippen LogP contribution in [0.4, 0.5) is 4.39 Å². The van der Waals surface area contributed by atoms with E-state index in [1.807, 2.05) is 0 Å². The van der Waals surface area contributed by atoms with Gasteiger partial charge in [0.05, 0.1) is 6.10 Å². The predicted octanol–water partition coefficient (Wildman–Crippen LogP) is 5.30. The van der Waals surface area contributed by atoms with Crippen LogP contribution in [0.2, 0.25) is 5.02 Å². The van der Waals surface area contributed by atoms with Crippen molar-refractivity contribution in [2.75, 3.05) is 26.2 Å². The molecule has 0 amide bonds. The highest BCUT2D eigenvalue weighted by molar-refractivity contribution is 6.30. The fourth-order valence-corrected chi connectivity index (χ4v) is 5.07. The minimum atomic E-state index is -0.449. The van der Waals surface area contributed by atoms with Gasteiger partial charge in [-0.1, -0.05) is 48.0 Å². The molecule has 3 heterocycles. The number of allylic oxidation sites excluding steroid dienone is 3. The van der Waals surface area contributed by atoms with Gasteiger partial charge < -0.3 is 9.47 Å². The van der Waals surface area contributed by atoms with Crippen molar-refractivity contribution in [2.45, 2.75) is 32.0 Å². The molecule has 2 aromatic rings. The van der Waals surface area contributed by atoms with Crippen molar-refractivity contribution in [1.82, 2.24) is 9.47 Å². The summed E-state index contributed by atoms with van der Waals surface area (Å²) in [5.74, 6) is 0.740. The van der Waals surface area contributed by atoms with Crippen LogP contribution in [0, 0.1) is 17.7 Å². The number of halogens is 2. The zero-order valence-electron chi connectivity index (χ0n) is 19.6. The lowest BCUT2D eigenvalue weighted by atomic mass is 9.82. The van der Waals surface area contributed by atoms with E-state index in [1.165, 1.54) is 12.5 Å². The van der Waals surface area contributed by atoms with Gasteiger partial charge in [-0.05, 0) is 48.9 Å². The number of pyridine rings is 1. The fraction of sp³-hybridized carbons (Fsp3) is 0.393. The predicted molar refractivity (Wildman–Crippen MR) is 136 cm³/mol. The first kappa shape index (κ1) is 24.0. The van der Waals surface area contributed by atoms with Crippen molar-refractivity contribution in [3.63, 3.8) is 0 Å². The monoisotopic (exact) mass is 496 g/mol. The lowest BCUT2D eigenvalue weighted by Crippen LogP contribution is -2.38. The molecule has 0 radical (unpaired) electrons. The second-order valence-electron chi connectivity index (χ2n) is 9.39. The first-order chi connectivity index (χ1) is 17.1. The molecule has 1 aromatic heterocycles. The minimum absolute atomic E-state index is 0.0362. The van der Waals surface area contributed by atoms with Crippen molar-refractivity contribution in [3.05, 3.63) is 93.7 Å². The number of benzene rings is 1. The Hall–Kier alpha value is -2.67. The van der Waals surface area contributed by atoms with E-state index in [4.69, 9.17) is 21.1 Å². The number of nitrogens with zero attached hydrogens (tertiary/aromatic N) is 2. The SMILES string of the molecule is O=c1c(OCc2ccc(Cl)cc2F)cccn1C1=CCN(CC2C=CC=C[C@@H]2CC2CCO2)CC1. The quantitative estimate of drug-likeness (QED) is 0.497. The van der Waals surface area contributed by atoms with Crippen LogP contribution in [0.5, 0.6) is 5.75 Å². The van der Waals surface area contributed by atoms with E-state index in [-0.39, 0.29) is 17.9 Å². The van der Waals surface area contributed by atoms with Crippen LogP contribution in [0.3, 0.4) is 0 Å². The second kappa shape index (κ2) is 10.9. The molecule has 35 heavy (non-hydrogen) atoms. The maximum absolute atomic E-state index is 14.1. The Kier molecular flexibility index (Phi) is 7.51. The van der Waals surface area contributed by atoms with Gasteiger partial charge >= 0.3 is 0 Å². The molecule has 0 bridgehead atoms. The van der Waals surface area contributed by atoms with Gasteiger partial charge in [0, 0.05) is 55.1 Å². The molecule has 1 saturated heterocycles. The van der Waals surface area contributed by atoms with Gasteiger partial charge in [0.25, 0.3) is 5.56 Å². The van der Waals surface area contributed by atoms with Crippen molar-refractivity contribution in [1.29, 1.82) is 0 Å². The number of rotatable bonds is 8. The maximum atomic E-state index is 14.1. The summed E-state index contributed by atoms with van der Waals surface area (Å²) in [4.78, 5) is 15.5. The van der Waals surface area contributed by atoms with Crippen LogP contribution in [0.25, 0.3) is 5.70 Å². The Balaban J connectivity index is 1.21. The van der Waals surface area contributed by atoms with Crippen LogP contribution >= 0.6 is 11.6 Å². The van der Waals surface area contributed by atoms with E-state index in [1.54, 1.807) is 35.0 Å². The summed E-state index contributed by atoms with van der Waals surface area (Å²) in [6, 6.07) is 7.82. The molecule has 7 heteroatoms. The first-order valence-corrected chi connectivity index (χ1v) is 12.6. The minimum Gasteiger partial charge on any atom is -0.483 e. The third-order valence-corrected chi connectivity index (χ3v) is 7.30. The van der Waals surface area contributed by atoms with Gasteiger partial charge in [-0.15, -0.1) is 0 Å². The molecule has 3 atom stereocenters. The Morgan fingerprint density at radius 3 is 2.71 bits per heavy atom. The highest BCUT2D eigenvalue weighted by Gasteiger charge is 2.28. The molecule has 5 rings (SSSR count). The van der Waals surface area contributed by atoms with Gasteiger partial charge in [-0.2, -0.15) is 0 Å². The summed E-state index contributed by atoms with van der Waals surface area (Å²) in [5.41, 5.74) is 1.08. The zero-order valence-corrected chi connectivity index (χ0v) is 20.4. The van der Waals surface area contributed by atoms with Gasteiger partial charge in [0.15, 0.2) is 5.75 Å². The lowest BCUT2D eigenvalue weighted by molar-refractivity contribution is -0.0627. The van der Waals surface area contributed by atoms with Crippen LogP contribution in [-0.2, 0) is 11.3 Å². The zero-order chi connectivity index (χ0) is 24.2. The smallest absolute Gasteiger partial charge is 0.297 e. The molecular weight excluding hydrogens is 467 g/mol. The lowest BCUT2D eigenvalue weighted by Gasteiger charge is -2.36. The summed E-state index contributed by atoms with van der Waals surface area (Å²) < 4.78 is 27.0. The molecule has 0 spiro atoms. The fourth-order valence-electron chi connectivity index (χ4n) is 4.91. The topological polar surface area (TPSA) is 43.7 Å². The highest BCUT2D eigenvalue weighted by atomic mass is 35.5. The van der Waals surface area contributed by atoms with E-state index in [0.29, 0.717) is 28.5 Å². The van der Waals surface area contributed by atoms with Crippen molar-refractivity contribution in [3.8, 4) is 5.75 Å². The van der Waals surface area contributed by atoms with E-state index < -0.39 is 5.82 Å². The molecule has 5 nitrogen and oxygen atoms in total. The van der Waals surface area contributed by atoms with E-state index in [0.717, 1.165) is 44.8 Å². The van der Waals surface area contributed by atoms with Crippen molar-refractivity contribution < 1.29 is 13.9 Å². The molecule has 1 aromatic carbocycles.